The zero-order valence-electron chi connectivity index (χ0n) is 12.1. The summed E-state index contributed by atoms with van der Waals surface area (Å²) < 4.78 is 56.4. The van der Waals surface area contributed by atoms with Gasteiger partial charge in [0.15, 0.2) is 0 Å². The highest BCUT2D eigenvalue weighted by Crippen LogP contribution is 2.20. The molecule has 0 aliphatic heterocycles. The third kappa shape index (κ3) is 5.94. The lowest BCUT2D eigenvalue weighted by Gasteiger charge is -2.18. The highest BCUT2D eigenvalue weighted by atomic mass is 32.2. The van der Waals surface area contributed by atoms with Gasteiger partial charge in [-0.2, -0.15) is 26.2 Å². The molecule has 1 aromatic rings. The molecule has 0 fully saturated rings. The lowest BCUT2D eigenvalue weighted by atomic mass is 10.2. The highest BCUT2D eigenvalue weighted by Gasteiger charge is 2.17. The molecule has 120 valence electrons. The molecule has 8 heteroatoms. The Bertz CT molecular complexity index is 538. The van der Waals surface area contributed by atoms with Crippen molar-refractivity contribution in [3.8, 4) is 5.75 Å². The number of alkyl halides is 2. The fourth-order valence-corrected chi connectivity index (χ4v) is 2.57. The average molecular weight is 322 g/mol. The lowest BCUT2D eigenvalue weighted by Crippen LogP contribution is -2.38. The zero-order chi connectivity index (χ0) is 15.9. The van der Waals surface area contributed by atoms with Crippen molar-refractivity contribution >= 4 is 10.2 Å². The minimum Gasteiger partial charge on any atom is -0.434 e. The summed E-state index contributed by atoms with van der Waals surface area (Å²) in [5.41, 5.74) is 0.352. The summed E-state index contributed by atoms with van der Waals surface area (Å²) in [6.45, 7) is -0.691. The van der Waals surface area contributed by atoms with Crippen LogP contribution in [0.3, 0.4) is 0 Å². The summed E-state index contributed by atoms with van der Waals surface area (Å²) in [5, 5.41) is 0. The number of nitrogens with zero attached hydrogens (tertiary/aromatic N) is 1. The molecule has 0 aliphatic rings. The second-order valence-electron chi connectivity index (χ2n) is 4.49. The van der Waals surface area contributed by atoms with E-state index in [1.54, 1.807) is 12.1 Å². The highest BCUT2D eigenvalue weighted by molar-refractivity contribution is 7.87. The summed E-state index contributed by atoms with van der Waals surface area (Å²) in [5.74, 6) is -0.0357. The standard InChI is InChI=1S/C13H20F2N2O3S/c1-3-4-9-17(2)21(18,19)16-10-11-7-5-6-8-12(11)20-13(14)15/h5-8,13,16H,3-4,9-10H2,1-2H3. The predicted molar refractivity (Wildman–Crippen MR) is 76.4 cm³/mol. The van der Waals surface area contributed by atoms with Crippen LogP contribution in [0, 0.1) is 0 Å². The van der Waals surface area contributed by atoms with E-state index < -0.39 is 16.8 Å². The molecule has 21 heavy (non-hydrogen) atoms. The molecule has 1 aromatic carbocycles. The van der Waals surface area contributed by atoms with Crippen molar-refractivity contribution in [2.45, 2.75) is 32.9 Å². The number of hydrogen-bond acceptors (Lipinski definition) is 3. The minimum absolute atomic E-state index is 0.0357. The van der Waals surface area contributed by atoms with Crippen molar-refractivity contribution in [2.24, 2.45) is 0 Å². The van der Waals surface area contributed by atoms with Crippen molar-refractivity contribution < 1.29 is 21.9 Å². The molecule has 0 unspecified atom stereocenters. The van der Waals surface area contributed by atoms with Gasteiger partial charge in [-0.3, -0.25) is 0 Å². The predicted octanol–water partition coefficient (Wildman–Crippen LogP) is 2.35. The molecule has 0 radical (unpaired) electrons. The van der Waals surface area contributed by atoms with Crippen LogP contribution in [0.2, 0.25) is 0 Å². The second kappa shape index (κ2) is 8.26. The Balaban J connectivity index is 2.70. The molecule has 1 rings (SSSR count). The van der Waals surface area contributed by atoms with Crippen molar-refractivity contribution in [1.29, 1.82) is 0 Å². The number of nitrogens with one attached hydrogen (secondary N) is 1. The average Bonchev–Trinajstić information content (AvgIpc) is 2.43. The number of halogens is 2. The van der Waals surface area contributed by atoms with Gasteiger partial charge in [0.25, 0.3) is 10.2 Å². The van der Waals surface area contributed by atoms with Gasteiger partial charge in [-0.25, -0.2) is 0 Å². The van der Waals surface area contributed by atoms with E-state index in [0.717, 1.165) is 12.8 Å². The summed E-state index contributed by atoms with van der Waals surface area (Å²) in [6.07, 6.45) is 1.63. The third-order valence-electron chi connectivity index (χ3n) is 2.87. The number of para-hydroxylation sites is 1. The Kier molecular flexibility index (Phi) is 7.00. The summed E-state index contributed by atoms with van der Waals surface area (Å²) in [6, 6.07) is 6.08. The Labute approximate surface area is 124 Å². The second-order valence-corrected chi connectivity index (χ2v) is 6.35. The van der Waals surface area contributed by atoms with E-state index in [1.807, 2.05) is 6.92 Å². The molecule has 0 spiro atoms. The van der Waals surface area contributed by atoms with Crippen LogP contribution in [-0.2, 0) is 16.8 Å². The number of ether oxygens (including phenoxy) is 1. The fourth-order valence-electron chi connectivity index (χ4n) is 1.64. The van der Waals surface area contributed by atoms with E-state index in [4.69, 9.17) is 0 Å². The monoisotopic (exact) mass is 322 g/mol. The van der Waals surface area contributed by atoms with Gasteiger partial charge >= 0.3 is 6.61 Å². The summed E-state index contributed by atoms with van der Waals surface area (Å²) >= 11 is 0. The summed E-state index contributed by atoms with van der Waals surface area (Å²) in [7, 11) is -2.16. The Morgan fingerprint density at radius 1 is 1.33 bits per heavy atom. The molecule has 0 atom stereocenters. The molecule has 1 N–H and O–H groups in total. The summed E-state index contributed by atoms with van der Waals surface area (Å²) in [4.78, 5) is 0. The van der Waals surface area contributed by atoms with Gasteiger partial charge in [0.05, 0.1) is 0 Å². The molecule has 0 saturated carbocycles. The van der Waals surface area contributed by atoms with Crippen molar-refractivity contribution in [1.82, 2.24) is 9.03 Å². The van der Waals surface area contributed by atoms with Crippen LogP contribution in [0.5, 0.6) is 5.75 Å². The maximum absolute atomic E-state index is 12.3. The van der Waals surface area contributed by atoms with Gasteiger partial charge in [-0.05, 0) is 12.5 Å². The molecule has 0 bridgehead atoms. The van der Waals surface area contributed by atoms with Crippen LogP contribution >= 0.6 is 0 Å². The molecule has 5 nitrogen and oxygen atoms in total. The van der Waals surface area contributed by atoms with Crippen LogP contribution < -0.4 is 9.46 Å². The van der Waals surface area contributed by atoms with Gasteiger partial charge in [0, 0.05) is 25.7 Å². The van der Waals surface area contributed by atoms with E-state index >= 15 is 0 Å². The van der Waals surface area contributed by atoms with E-state index in [2.05, 4.69) is 9.46 Å². The maximum Gasteiger partial charge on any atom is 0.387 e. The topological polar surface area (TPSA) is 58.6 Å². The van der Waals surface area contributed by atoms with Gasteiger partial charge in [-0.1, -0.05) is 31.5 Å². The van der Waals surface area contributed by atoms with Gasteiger partial charge in [-0.15, -0.1) is 0 Å². The molecule has 0 amide bonds. The van der Waals surface area contributed by atoms with Gasteiger partial charge in [0.1, 0.15) is 5.75 Å². The quantitative estimate of drug-likeness (QED) is 0.759. The third-order valence-corrected chi connectivity index (χ3v) is 4.38. The lowest BCUT2D eigenvalue weighted by molar-refractivity contribution is -0.0504. The first-order chi connectivity index (χ1) is 9.86. The van der Waals surface area contributed by atoms with Gasteiger partial charge in [0.2, 0.25) is 0 Å². The number of benzene rings is 1. The van der Waals surface area contributed by atoms with E-state index in [-0.39, 0.29) is 12.3 Å². The van der Waals surface area contributed by atoms with E-state index in [1.165, 1.54) is 23.5 Å². The van der Waals surface area contributed by atoms with Crippen LogP contribution in [0.25, 0.3) is 0 Å². The Morgan fingerprint density at radius 2 is 2.00 bits per heavy atom. The maximum atomic E-state index is 12.3. The first-order valence-electron chi connectivity index (χ1n) is 6.60. The Hall–Kier alpha value is -1.25. The Morgan fingerprint density at radius 3 is 2.62 bits per heavy atom. The van der Waals surface area contributed by atoms with Crippen molar-refractivity contribution in [3.05, 3.63) is 29.8 Å². The van der Waals surface area contributed by atoms with Crippen LogP contribution in [-0.4, -0.2) is 32.9 Å². The zero-order valence-corrected chi connectivity index (χ0v) is 12.9. The van der Waals surface area contributed by atoms with Crippen LogP contribution in [0.15, 0.2) is 24.3 Å². The van der Waals surface area contributed by atoms with E-state index in [0.29, 0.717) is 12.1 Å². The van der Waals surface area contributed by atoms with Crippen LogP contribution in [0.4, 0.5) is 8.78 Å². The largest absolute Gasteiger partial charge is 0.434 e. The molecule has 0 aliphatic carbocycles. The molecular weight excluding hydrogens is 302 g/mol. The molecule has 0 heterocycles. The molecule has 0 saturated heterocycles. The first-order valence-corrected chi connectivity index (χ1v) is 8.04. The smallest absolute Gasteiger partial charge is 0.387 e. The molecular formula is C13H20F2N2O3S. The number of unbranched alkanes of at least 4 members (excludes halogenated alkanes) is 1. The number of hydrogen-bond donors (Lipinski definition) is 1. The van der Waals surface area contributed by atoms with E-state index in [9.17, 15) is 17.2 Å². The minimum atomic E-state index is -3.64. The normalized spacial score (nSPS) is 12.1. The van der Waals surface area contributed by atoms with Crippen LogP contribution in [0.1, 0.15) is 25.3 Å². The fraction of sp³-hybridized carbons (Fsp3) is 0.538. The molecule has 0 aromatic heterocycles. The SMILES string of the molecule is CCCCN(C)S(=O)(=O)NCc1ccccc1OC(F)F. The van der Waals surface area contributed by atoms with Crippen molar-refractivity contribution in [2.75, 3.05) is 13.6 Å². The van der Waals surface area contributed by atoms with Gasteiger partial charge < -0.3 is 4.74 Å². The first kappa shape index (κ1) is 17.8. The number of rotatable bonds is 9. The van der Waals surface area contributed by atoms with Crippen molar-refractivity contribution in [3.63, 3.8) is 0 Å².